The van der Waals surface area contributed by atoms with Gasteiger partial charge in [0.2, 0.25) is 10.0 Å². The van der Waals surface area contributed by atoms with E-state index >= 15 is 0 Å². The minimum atomic E-state index is -3.61. The van der Waals surface area contributed by atoms with Crippen LogP contribution in [0.1, 0.15) is 30.6 Å². The maximum absolute atomic E-state index is 12.6. The van der Waals surface area contributed by atoms with Gasteiger partial charge in [0.1, 0.15) is 0 Å². The molecule has 0 amide bonds. The van der Waals surface area contributed by atoms with Gasteiger partial charge in [0, 0.05) is 13.1 Å². The molecule has 1 N–H and O–H groups in total. The Kier molecular flexibility index (Phi) is 4.15. The Morgan fingerprint density at radius 3 is 2.40 bits per heavy atom. The first-order valence-corrected chi connectivity index (χ1v) is 8.08. The Hall–Kier alpha value is -1.40. The van der Waals surface area contributed by atoms with Gasteiger partial charge >= 0.3 is 5.97 Å². The number of piperidine rings is 1. The van der Waals surface area contributed by atoms with Crippen molar-refractivity contribution in [1.29, 1.82) is 0 Å². The van der Waals surface area contributed by atoms with Crippen LogP contribution in [0.15, 0.2) is 29.2 Å². The van der Waals surface area contributed by atoms with Gasteiger partial charge in [-0.25, -0.2) is 13.2 Å². The van der Waals surface area contributed by atoms with Crippen LogP contribution in [0.5, 0.6) is 0 Å². The monoisotopic (exact) mass is 297 g/mol. The molecule has 0 radical (unpaired) electrons. The molecule has 1 fully saturated rings. The summed E-state index contributed by atoms with van der Waals surface area (Å²) in [5.41, 5.74) is -0.0100. The lowest BCUT2D eigenvalue weighted by atomic mass is 9.94. The summed E-state index contributed by atoms with van der Waals surface area (Å²) in [7, 11) is -3.61. The average Bonchev–Trinajstić information content (AvgIpc) is 2.37. The van der Waals surface area contributed by atoms with Crippen molar-refractivity contribution >= 4 is 16.0 Å². The molecule has 1 aromatic rings. The number of carboxylic acid groups (broad SMARTS) is 1. The van der Waals surface area contributed by atoms with E-state index in [-0.39, 0.29) is 10.5 Å². The van der Waals surface area contributed by atoms with Crippen molar-refractivity contribution in [2.45, 2.75) is 25.2 Å². The minimum absolute atomic E-state index is 0.0100. The summed E-state index contributed by atoms with van der Waals surface area (Å²) >= 11 is 0. The number of carboxylic acids is 1. The van der Waals surface area contributed by atoms with E-state index in [0.29, 0.717) is 24.9 Å². The van der Waals surface area contributed by atoms with Gasteiger partial charge in [0.15, 0.2) is 0 Å². The van der Waals surface area contributed by atoms with Crippen molar-refractivity contribution in [2.75, 3.05) is 13.1 Å². The third-order valence-electron chi connectivity index (χ3n) is 3.55. The molecule has 1 aliphatic heterocycles. The minimum Gasteiger partial charge on any atom is -0.478 e. The Morgan fingerprint density at radius 2 is 1.85 bits per heavy atom. The third-order valence-corrected chi connectivity index (χ3v) is 5.38. The molecule has 0 saturated carbocycles. The van der Waals surface area contributed by atoms with Crippen LogP contribution in [0.4, 0.5) is 0 Å². The van der Waals surface area contributed by atoms with E-state index in [4.69, 9.17) is 5.11 Å². The van der Waals surface area contributed by atoms with Gasteiger partial charge in [0.05, 0.1) is 10.5 Å². The molecule has 6 heteroatoms. The SMILES string of the molecule is C[C@@H]1C[C@H](C)CN(S(=O)(=O)c2cccc(C(=O)O)c2)C1. The van der Waals surface area contributed by atoms with Crippen molar-refractivity contribution in [3.63, 3.8) is 0 Å². The van der Waals surface area contributed by atoms with Gasteiger partial charge in [-0.2, -0.15) is 4.31 Å². The summed E-state index contributed by atoms with van der Waals surface area (Å²) in [6, 6.07) is 5.53. The lowest BCUT2D eigenvalue weighted by Gasteiger charge is -2.34. The fourth-order valence-electron chi connectivity index (χ4n) is 2.74. The molecule has 0 spiro atoms. The van der Waals surface area contributed by atoms with E-state index in [9.17, 15) is 13.2 Å². The molecule has 1 saturated heterocycles. The molecule has 0 aromatic heterocycles. The molecule has 0 aliphatic carbocycles. The van der Waals surface area contributed by atoms with E-state index in [1.807, 2.05) is 13.8 Å². The van der Waals surface area contributed by atoms with Gasteiger partial charge < -0.3 is 5.11 Å². The number of nitrogens with zero attached hydrogens (tertiary/aromatic N) is 1. The highest BCUT2D eigenvalue weighted by Crippen LogP contribution is 2.26. The summed E-state index contributed by atoms with van der Waals surface area (Å²) in [6.45, 7) is 5.05. The summed E-state index contributed by atoms with van der Waals surface area (Å²) in [5, 5.41) is 8.96. The molecule has 0 bridgehead atoms. The number of rotatable bonds is 3. The molecule has 2 rings (SSSR count). The Morgan fingerprint density at radius 1 is 1.25 bits per heavy atom. The first-order chi connectivity index (χ1) is 9.30. The molecule has 1 aliphatic rings. The van der Waals surface area contributed by atoms with E-state index in [1.165, 1.54) is 28.6 Å². The second kappa shape index (κ2) is 5.54. The summed E-state index contributed by atoms with van der Waals surface area (Å²) < 4.78 is 26.6. The Labute approximate surface area is 119 Å². The van der Waals surface area contributed by atoms with Crippen molar-refractivity contribution in [2.24, 2.45) is 11.8 Å². The first kappa shape index (κ1) is 15.0. The maximum atomic E-state index is 12.6. The van der Waals surface area contributed by atoms with Crippen LogP contribution in [0.3, 0.4) is 0 Å². The smallest absolute Gasteiger partial charge is 0.335 e. The summed E-state index contributed by atoms with van der Waals surface area (Å²) in [6.07, 6.45) is 1.02. The fourth-order valence-corrected chi connectivity index (χ4v) is 4.47. The zero-order valence-corrected chi connectivity index (χ0v) is 12.4. The highest BCUT2D eigenvalue weighted by Gasteiger charge is 2.31. The highest BCUT2D eigenvalue weighted by molar-refractivity contribution is 7.89. The van der Waals surface area contributed by atoms with Gasteiger partial charge in [-0.1, -0.05) is 19.9 Å². The van der Waals surface area contributed by atoms with Gasteiger partial charge in [0.25, 0.3) is 0 Å². The number of sulfonamides is 1. The van der Waals surface area contributed by atoms with Crippen molar-refractivity contribution < 1.29 is 18.3 Å². The predicted molar refractivity (Wildman–Crippen MR) is 75.1 cm³/mol. The van der Waals surface area contributed by atoms with Crippen LogP contribution in [0.25, 0.3) is 0 Å². The second-order valence-electron chi connectivity index (χ2n) is 5.60. The molecule has 2 atom stereocenters. The molecule has 1 heterocycles. The molecular weight excluding hydrogens is 278 g/mol. The van der Waals surface area contributed by atoms with Crippen LogP contribution >= 0.6 is 0 Å². The number of hydrogen-bond acceptors (Lipinski definition) is 3. The number of hydrogen-bond donors (Lipinski definition) is 1. The van der Waals surface area contributed by atoms with Crippen LogP contribution < -0.4 is 0 Å². The molecule has 1 aromatic carbocycles. The average molecular weight is 297 g/mol. The van der Waals surface area contributed by atoms with Gasteiger partial charge in [-0.15, -0.1) is 0 Å². The standard InChI is InChI=1S/C14H19NO4S/c1-10-6-11(2)9-15(8-10)20(18,19)13-5-3-4-12(7-13)14(16)17/h3-5,7,10-11H,6,8-9H2,1-2H3,(H,16,17)/t10-,11+. The highest BCUT2D eigenvalue weighted by atomic mass is 32.2. The van der Waals surface area contributed by atoms with Gasteiger partial charge in [-0.05, 0) is 36.5 Å². The molecule has 5 nitrogen and oxygen atoms in total. The zero-order chi connectivity index (χ0) is 14.9. The van der Waals surface area contributed by atoms with Gasteiger partial charge in [-0.3, -0.25) is 0 Å². The normalized spacial score (nSPS) is 24.5. The van der Waals surface area contributed by atoms with Crippen LogP contribution in [0.2, 0.25) is 0 Å². The van der Waals surface area contributed by atoms with E-state index in [2.05, 4.69) is 0 Å². The predicted octanol–water partition coefficient (Wildman–Crippen LogP) is 2.05. The van der Waals surface area contributed by atoms with Crippen molar-refractivity contribution in [3.05, 3.63) is 29.8 Å². The summed E-state index contributed by atoms with van der Waals surface area (Å²) in [4.78, 5) is 11.0. The van der Waals surface area contributed by atoms with Crippen molar-refractivity contribution in [3.8, 4) is 0 Å². The molecule has 110 valence electrons. The van der Waals surface area contributed by atoms with E-state index < -0.39 is 16.0 Å². The first-order valence-electron chi connectivity index (χ1n) is 6.64. The second-order valence-corrected chi connectivity index (χ2v) is 7.54. The quantitative estimate of drug-likeness (QED) is 0.926. The van der Waals surface area contributed by atoms with Crippen LogP contribution in [-0.4, -0.2) is 36.9 Å². The molecule has 20 heavy (non-hydrogen) atoms. The largest absolute Gasteiger partial charge is 0.478 e. The van der Waals surface area contributed by atoms with E-state index in [0.717, 1.165) is 6.42 Å². The number of carbonyl (C=O) groups is 1. The topological polar surface area (TPSA) is 74.7 Å². The lowest BCUT2D eigenvalue weighted by Crippen LogP contribution is -2.42. The van der Waals surface area contributed by atoms with Crippen LogP contribution in [-0.2, 0) is 10.0 Å². The number of aromatic carboxylic acids is 1. The van der Waals surface area contributed by atoms with E-state index in [1.54, 1.807) is 0 Å². The fraction of sp³-hybridized carbons (Fsp3) is 0.500. The molecular formula is C14H19NO4S. The Balaban J connectivity index is 2.34. The number of benzene rings is 1. The summed E-state index contributed by atoms with van der Waals surface area (Å²) in [5.74, 6) is -0.491. The maximum Gasteiger partial charge on any atom is 0.335 e. The Bertz CT molecular complexity index is 601. The molecule has 0 unspecified atom stereocenters. The zero-order valence-electron chi connectivity index (χ0n) is 11.6. The third kappa shape index (κ3) is 3.02. The van der Waals surface area contributed by atoms with Crippen molar-refractivity contribution in [1.82, 2.24) is 4.31 Å². The lowest BCUT2D eigenvalue weighted by molar-refractivity contribution is 0.0696. The van der Waals surface area contributed by atoms with Crippen LogP contribution in [0, 0.1) is 11.8 Å².